The molecule has 0 N–H and O–H groups in total. The average molecular weight is 362 g/mol. The SMILES string of the molecule is COc1c(C)cc(S(=O)(=O)N2CCc3ccc([N+](=O)[O-])cc32)cc1C. The first-order valence-electron chi connectivity index (χ1n) is 7.71. The molecule has 0 aliphatic carbocycles. The Kier molecular flexibility index (Phi) is 4.16. The van der Waals surface area contributed by atoms with Crippen molar-refractivity contribution >= 4 is 21.4 Å². The van der Waals surface area contributed by atoms with Gasteiger partial charge in [0.15, 0.2) is 0 Å². The number of methoxy groups -OCH3 is 1. The van der Waals surface area contributed by atoms with Gasteiger partial charge in [-0.15, -0.1) is 0 Å². The minimum atomic E-state index is -3.81. The molecule has 0 unspecified atom stereocenters. The Balaban J connectivity index is 2.10. The van der Waals surface area contributed by atoms with Gasteiger partial charge in [-0.25, -0.2) is 8.42 Å². The standard InChI is InChI=1S/C17H18N2O5S/c1-11-8-15(9-12(2)17(11)24-3)25(22,23)18-7-6-13-4-5-14(19(20)21)10-16(13)18/h4-5,8-10H,6-7H2,1-3H3. The van der Waals surface area contributed by atoms with Gasteiger partial charge in [0.2, 0.25) is 0 Å². The zero-order valence-electron chi connectivity index (χ0n) is 14.1. The van der Waals surface area contributed by atoms with Gasteiger partial charge >= 0.3 is 0 Å². The van der Waals surface area contributed by atoms with E-state index in [2.05, 4.69) is 0 Å². The number of benzene rings is 2. The average Bonchev–Trinajstić information content (AvgIpc) is 2.98. The third kappa shape index (κ3) is 2.82. The second-order valence-corrected chi connectivity index (χ2v) is 7.85. The number of anilines is 1. The van der Waals surface area contributed by atoms with Gasteiger partial charge in [-0.3, -0.25) is 14.4 Å². The minimum Gasteiger partial charge on any atom is -0.496 e. The highest BCUT2D eigenvalue weighted by Gasteiger charge is 2.32. The van der Waals surface area contributed by atoms with Crippen LogP contribution in [0.3, 0.4) is 0 Å². The Hall–Kier alpha value is -2.61. The monoisotopic (exact) mass is 362 g/mol. The maximum atomic E-state index is 13.1. The normalized spacial score (nSPS) is 13.6. The predicted molar refractivity (Wildman–Crippen MR) is 93.8 cm³/mol. The fourth-order valence-electron chi connectivity index (χ4n) is 3.21. The molecule has 1 aliphatic rings. The highest BCUT2D eigenvalue weighted by atomic mass is 32.2. The van der Waals surface area contributed by atoms with Crippen molar-refractivity contribution in [2.45, 2.75) is 25.2 Å². The van der Waals surface area contributed by atoms with Gasteiger partial charge in [-0.05, 0) is 49.1 Å². The lowest BCUT2D eigenvalue weighted by molar-refractivity contribution is -0.384. The van der Waals surface area contributed by atoms with Gasteiger partial charge in [-0.2, -0.15) is 0 Å². The van der Waals surface area contributed by atoms with E-state index in [1.165, 1.54) is 16.4 Å². The number of aryl methyl sites for hydroxylation is 2. The smallest absolute Gasteiger partial charge is 0.271 e. The van der Waals surface area contributed by atoms with E-state index in [0.717, 1.165) is 16.7 Å². The molecule has 2 aromatic rings. The number of hydrogen-bond acceptors (Lipinski definition) is 5. The van der Waals surface area contributed by atoms with Crippen molar-refractivity contribution in [1.29, 1.82) is 0 Å². The zero-order valence-corrected chi connectivity index (χ0v) is 15.0. The van der Waals surface area contributed by atoms with Crippen LogP contribution in [0.1, 0.15) is 16.7 Å². The Labute approximate surface area is 146 Å². The van der Waals surface area contributed by atoms with E-state index >= 15 is 0 Å². The third-order valence-corrected chi connectivity index (χ3v) is 6.15. The van der Waals surface area contributed by atoms with Gasteiger partial charge in [0.05, 0.1) is 22.6 Å². The molecule has 8 heteroatoms. The number of nitro benzene ring substituents is 1. The molecule has 0 amide bonds. The van der Waals surface area contributed by atoms with E-state index in [0.29, 0.717) is 17.9 Å². The van der Waals surface area contributed by atoms with Crippen molar-refractivity contribution in [2.24, 2.45) is 0 Å². The summed E-state index contributed by atoms with van der Waals surface area (Å²) in [6.07, 6.45) is 0.528. The van der Waals surface area contributed by atoms with Crippen LogP contribution in [0.5, 0.6) is 5.75 Å². The molecule has 0 aromatic heterocycles. The van der Waals surface area contributed by atoms with Crippen LogP contribution < -0.4 is 9.04 Å². The molecular weight excluding hydrogens is 344 g/mol. The number of non-ortho nitro benzene ring substituents is 1. The third-order valence-electron chi connectivity index (χ3n) is 4.36. The molecule has 7 nitrogen and oxygen atoms in total. The minimum absolute atomic E-state index is 0.122. The molecule has 0 spiro atoms. The van der Waals surface area contributed by atoms with E-state index in [-0.39, 0.29) is 17.1 Å². The van der Waals surface area contributed by atoms with Crippen molar-refractivity contribution in [3.63, 3.8) is 0 Å². The zero-order chi connectivity index (χ0) is 18.4. The number of sulfonamides is 1. The Morgan fingerprint density at radius 2 is 1.80 bits per heavy atom. The fourth-order valence-corrected chi connectivity index (χ4v) is 4.88. The highest BCUT2D eigenvalue weighted by molar-refractivity contribution is 7.92. The predicted octanol–water partition coefficient (Wildman–Crippen LogP) is 2.97. The second-order valence-electron chi connectivity index (χ2n) is 5.99. The summed E-state index contributed by atoms with van der Waals surface area (Å²) < 4.78 is 32.7. The van der Waals surface area contributed by atoms with Crippen LogP contribution in [0, 0.1) is 24.0 Å². The topological polar surface area (TPSA) is 89.8 Å². The van der Waals surface area contributed by atoms with E-state index in [9.17, 15) is 18.5 Å². The number of nitrogens with zero attached hydrogens (tertiary/aromatic N) is 2. The number of nitro groups is 1. The number of hydrogen-bond donors (Lipinski definition) is 0. The van der Waals surface area contributed by atoms with Crippen LogP contribution >= 0.6 is 0 Å². The van der Waals surface area contributed by atoms with E-state index in [4.69, 9.17) is 4.74 Å². The number of ether oxygens (including phenoxy) is 1. The summed E-state index contributed by atoms with van der Waals surface area (Å²) in [6.45, 7) is 3.84. The Bertz CT molecular complexity index is 946. The lowest BCUT2D eigenvalue weighted by Gasteiger charge is -2.21. The van der Waals surface area contributed by atoms with Crippen molar-refractivity contribution in [1.82, 2.24) is 0 Å². The summed E-state index contributed by atoms with van der Waals surface area (Å²) in [5.74, 6) is 0.649. The number of rotatable bonds is 4. The molecule has 1 heterocycles. The van der Waals surface area contributed by atoms with E-state index < -0.39 is 14.9 Å². The van der Waals surface area contributed by atoms with Crippen LogP contribution in [-0.4, -0.2) is 27.0 Å². The molecular formula is C17H18N2O5S. The van der Waals surface area contributed by atoms with Crippen LogP contribution in [0.2, 0.25) is 0 Å². The van der Waals surface area contributed by atoms with Crippen LogP contribution in [-0.2, 0) is 16.4 Å². The van der Waals surface area contributed by atoms with Crippen molar-refractivity contribution < 1.29 is 18.1 Å². The van der Waals surface area contributed by atoms with Gasteiger partial charge < -0.3 is 4.74 Å². The van der Waals surface area contributed by atoms with Gasteiger partial charge in [0.25, 0.3) is 15.7 Å². The highest BCUT2D eigenvalue weighted by Crippen LogP contribution is 2.37. The van der Waals surface area contributed by atoms with Gasteiger partial charge in [-0.1, -0.05) is 6.07 Å². The van der Waals surface area contributed by atoms with E-state index in [1.54, 1.807) is 39.2 Å². The largest absolute Gasteiger partial charge is 0.496 e. The lowest BCUT2D eigenvalue weighted by Crippen LogP contribution is -2.29. The van der Waals surface area contributed by atoms with Crippen LogP contribution in [0.4, 0.5) is 11.4 Å². The summed E-state index contributed by atoms with van der Waals surface area (Å²) in [6, 6.07) is 7.47. The van der Waals surface area contributed by atoms with E-state index in [1.807, 2.05) is 0 Å². The molecule has 0 saturated heterocycles. The quantitative estimate of drug-likeness (QED) is 0.616. The molecule has 1 aliphatic heterocycles. The molecule has 0 atom stereocenters. The van der Waals surface area contributed by atoms with Crippen molar-refractivity contribution in [3.05, 3.63) is 57.1 Å². The Morgan fingerprint density at radius 1 is 1.16 bits per heavy atom. The molecule has 0 radical (unpaired) electrons. The molecule has 2 aromatic carbocycles. The summed E-state index contributed by atoms with van der Waals surface area (Å²) in [5, 5.41) is 11.0. The van der Waals surface area contributed by atoms with Crippen molar-refractivity contribution in [3.8, 4) is 5.75 Å². The lowest BCUT2D eigenvalue weighted by atomic mass is 10.1. The fraction of sp³-hybridized carbons (Fsp3) is 0.294. The maximum absolute atomic E-state index is 13.1. The molecule has 25 heavy (non-hydrogen) atoms. The molecule has 0 fully saturated rings. The first kappa shape index (κ1) is 17.2. The first-order valence-corrected chi connectivity index (χ1v) is 9.15. The maximum Gasteiger partial charge on any atom is 0.271 e. The first-order chi connectivity index (χ1) is 11.8. The van der Waals surface area contributed by atoms with Gasteiger partial charge in [0.1, 0.15) is 5.75 Å². The molecule has 3 rings (SSSR count). The van der Waals surface area contributed by atoms with Crippen LogP contribution in [0.25, 0.3) is 0 Å². The summed E-state index contributed by atoms with van der Waals surface area (Å²) >= 11 is 0. The Morgan fingerprint density at radius 3 is 2.36 bits per heavy atom. The molecule has 0 bridgehead atoms. The summed E-state index contributed by atoms with van der Waals surface area (Å²) in [4.78, 5) is 10.6. The molecule has 0 saturated carbocycles. The van der Waals surface area contributed by atoms with Crippen LogP contribution in [0.15, 0.2) is 35.2 Å². The second kappa shape index (κ2) is 6.03. The van der Waals surface area contributed by atoms with Gasteiger partial charge in [0, 0.05) is 18.7 Å². The summed E-state index contributed by atoms with van der Waals surface area (Å²) in [7, 11) is -2.27. The number of fused-ring (bicyclic) bond motifs is 1. The molecule has 132 valence electrons. The van der Waals surface area contributed by atoms with Crippen molar-refractivity contribution in [2.75, 3.05) is 18.0 Å². The summed E-state index contributed by atoms with van der Waals surface area (Å²) in [5.41, 5.74) is 2.48.